The molecule has 0 fully saturated rings. The summed E-state index contributed by atoms with van der Waals surface area (Å²) >= 11 is 0. The van der Waals surface area contributed by atoms with Gasteiger partial charge in [0, 0.05) is 5.69 Å². The first-order valence-corrected chi connectivity index (χ1v) is 4.43. The Morgan fingerprint density at radius 3 is 2.80 bits per heavy atom. The van der Waals surface area contributed by atoms with Crippen molar-refractivity contribution in [3.63, 3.8) is 0 Å². The van der Waals surface area contributed by atoms with Gasteiger partial charge in [0.15, 0.2) is 6.04 Å². The zero-order valence-corrected chi connectivity index (χ0v) is 8.08. The molecule has 0 spiro atoms. The molecule has 0 aliphatic rings. The molecule has 6 heteroatoms. The average molecular weight is 206 g/mol. The molecule has 15 heavy (non-hydrogen) atoms. The van der Waals surface area contributed by atoms with E-state index in [1.165, 1.54) is 11.7 Å². The Bertz CT molecular complexity index is 520. The second-order valence-electron chi connectivity index (χ2n) is 3.28. The summed E-state index contributed by atoms with van der Waals surface area (Å²) in [7, 11) is 0. The minimum Gasteiger partial charge on any atom is -0.480 e. The largest absolute Gasteiger partial charge is 0.480 e. The second-order valence-corrected chi connectivity index (χ2v) is 3.28. The molecule has 0 radical (unpaired) electrons. The Hall–Kier alpha value is -2.11. The molecule has 0 bridgehead atoms. The van der Waals surface area contributed by atoms with Crippen LogP contribution in [-0.2, 0) is 4.79 Å². The monoisotopic (exact) mass is 206 g/mol. The van der Waals surface area contributed by atoms with Crippen LogP contribution in [0.3, 0.4) is 0 Å². The fourth-order valence-electron chi connectivity index (χ4n) is 1.22. The van der Waals surface area contributed by atoms with E-state index in [0.717, 1.165) is 0 Å². The van der Waals surface area contributed by atoms with E-state index < -0.39 is 12.0 Å². The Balaban J connectivity index is 2.51. The number of nitrogen functional groups attached to an aromatic ring is 1. The van der Waals surface area contributed by atoms with E-state index in [1.807, 2.05) is 0 Å². The summed E-state index contributed by atoms with van der Waals surface area (Å²) in [6.07, 6.45) is 0. The lowest BCUT2D eigenvalue weighted by atomic mass is 10.3. The molecule has 2 aromatic rings. The fraction of sp³-hybridized carbons (Fsp3) is 0.222. The molecular formula is C9H10N4O2. The quantitative estimate of drug-likeness (QED) is 0.704. The Morgan fingerprint density at radius 1 is 1.47 bits per heavy atom. The third-order valence-electron chi connectivity index (χ3n) is 2.12. The van der Waals surface area contributed by atoms with Crippen molar-refractivity contribution < 1.29 is 9.90 Å². The normalized spacial score (nSPS) is 12.9. The number of nitrogens with zero attached hydrogens (tertiary/aromatic N) is 3. The zero-order chi connectivity index (χ0) is 11.0. The third kappa shape index (κ3) is 1.61. The van der Waals surface area contributed by atoms with Gasteiger partial charge >= 0.3 is 5.97 Å². The van der Waals surface area contributed by atoms with Crippen molar-refractivity contribution in [3.8, 4) is 0 Å². The van der Waals surface area contributed by atoms with Crippen molar-refractivity contribution in [1.82, 2.24) is 15.0 Å². The molecule has 6 nitrogen and oxygen atoms in total. The Labute approximate surface area is 85.3 Å². The van der Waals surface area contributed by atoms with Crippen LogP contribution in [0.2, 0.25) is 0 Å². The molecule has 1 aromatic heterocycles. The Morgan fingerprint density at radius 2 is 2.13 bits per heavy atom. The number of benzene rings is 1. The van der Waals surface area contributed by atoms with Crippen molar-refractivity contribution in [2.45, 2.75) is 13.0 Å². The SMILES string of the molecule is CC(C(=O)O)n1nc2ccc(N)cc2n1. The number of carboxylic acid groups (broad SMARTS) is 1. The molecule has 0 aliphatic heterocycles. The van der Waals surface area contributed by atoms with Gasteiger partial charge < -0.3 is 10.8 Å². The van der Waals surface area contributed by atoms with Gasteiger partial charge in [0.25, 0.3) is 0 Å². The number of aromatic nitrogens is 3. The highest BCUT2D eigenvalue weighted by Crippen LogP contribution is 2.14. The van der Waals surface area contributed by atoms with Crippen LogP contribution >= 0.6 is 0 Å². The van der Waals surface area contributed by atoms with Gasteiger partial charge in [-0.25, -0.2) is 4.79 Å². The smallest absolute Gasteiger partial charge is 0.330 e. The van der Waals surface area contributed by atoms with E-state index >= 15 is 0 Å². The number of hydrogen-bond acceptors (Lipinski definition) is 4. The summed E-state index contributed by atoms with van der Waals surface area (Å²) in [6.45, 7) is 1.52. The fourth-order valence-corrected chi connectivity index (χ4v) is 1.22. The number of aliphatic carboxylic acids is 1. The lowest BCUT2D eigenvalue weighted by Crippen LogP contribution is -2.17. The number of hydrogen-bond donors (Lipinski definition) is 2. The van der Waals surface area contributed by atoms with Crippen LogP contribution < -0.4 is 5.73 Å². The van der Waals surface area contributed by atoms with Gasteiger partial charge in [-0.15, -0.1) is 0 Å². The molecule has 1 atom stereocenters. The highest BCUT2D eigenvalue weighted by Gasteiger charge is 2.16. The average Bonchev–Trinajstić information content (AvgIpc) is 2.58. The lowest BCUT2D eigenvalue weighted by Gasteiger charge is -2.02. The summed E-state index contributed by atoms with van der Waals surface area (Å²) in [5, 5.41) is 16.9. The van der Waals surface area contributed by atoms with E-state index in [9.17, 15) is 4.79 Å². The molecule has 0 saturated carbocycles. The van der Waals surface area contributed by atoms with Crippen LogP contribution in [-0.4, -0.2) is 26.1 Å². The van der Waals surface area contributed by atoms with Gasteiger partial charge in [0.05, 0.1) is 0 Å². The lowest BCUT2D eigenvalue weighted by molar-refractivity contribution is -0.140. The minimum absolute atomic E-state index is 0.581. The van der Waals surface area contributed by atoms with Gasteiger partial charge in [0.1, 0.15) is 11.0 Å². The highest BCUT2D eigenvalue weighted by molar-refractivity contribution is 5.78. The predicted octanol–water partition coefficient (Wildman–Crippen LogP) is 0.659. The summed E-state index contributed by atoms with van der Waals surface area (Å²) in [5.74, 6) is -0.969. The maximum Gasteiger partial charge on any atom is 0.330 e. The number of rotatable bonds is 2. The maximum absolute atomic E-state index is 10.7. The standard InChI is InChI=1S/C9H10N4O2/c1-5(9(14)15)13-11-7-3-2-6(10)4-8(7)12-13/h2-5H,10H2,1H3,(H,14,15). The van der Waals surface area contributed by atoms with Crippen LogP contribution in [0.15, 0.2) is 18.2 Å². The first kappa shape index (κ1) is 9.45. The van der Waals surface area contributed by atoms with Gasteiger partial charge in [-0.05, 0) is 25.1 Å². The number of nitrogens with two attached hydrogens (primary N) is 1. The van der Waals surface area contributed by atoms with E-state index in [4.69, 9.17) is 10.8 Å². The molecule has 0 saturated heterocycles. The van der Waals surface area contributed by atoms with Crippen molar-refractivity contribution in [2.75, 3.05) is 5.73 Å². The first-order valence-electron chi connectivity index (χ1n) is 4.43. The second kappa shape index (κ2) is 3.23. The number of fused-ring (bicyclic) bond motifs is 1. The van der Waals surface area contributed by atoms with Crippen molar-refractivity contribution in [1.29, 1.82) is 0 Å². The van der Waals surface area contributed by atoms with E-state index in [2.05, 4.69) is 10.2 Å². The van der Waals surface area contributed by atoms with E-state index in [1.54, 1.807) is 18.2 Å². The molecule has 1 heterocycles. The Kier molecular flexibility index (Phi) is 2.03. The van der Waals surface area contributed by atoms with Crippen LogP contribution in [0.4, 0.5) is 5.69 Å². The molecular weight excluding hydrogens is 196 g/mol. The zero-order valence-electron chi connectivity index (χ0n) is 8.08. The van der Waals surface area contributed by atoms with Crippen molar-refractivity contribution in [2.24, 2.45) is 0 Å². The molecule has 1 unspecified atom stereocenters. The predicted molar refractivity (Wildman–Crippen MR) is 54.3 cm³/mol. The van der Waals surface area contributed by atoms with Gasteiger partial charge in [0.2, 0.25) is 0 Å². The van der Waals surface area contributed by atoms with Crippen LogP contribution in [0.25, 0.3) is 11.0 Å². The molecule has 3 N–H and O–H groups in total. The molecule has 0 aliphatic carbocycles. The first-order chi connectivity index (χ1) is 7.08. The van der Waals surface area contributed by atoms with Gasteiger partial charge in [-0.3, -0.25) is 0 Å². The van der Waals surface area contributed by atoms with Gasteiger partial charge in [-0.1, -0.05) is 0 Å². The highest BCUT2D eigenvalue weighted by atomic mass is 16.4. The number of carbonyl (C=O) groups is 1. The maximum atomic E-state index is 10.7. The summed E-state index contributed by atoms with van der Waals surface area (Å²) in [4.78, 5) is 11.9. The van der Waals surface area contributed by atoms with E-state index in [0.29, 0.717) is 16.7 Å². The molecule has 1 aromatic carbocycles. The van der Waals surface area contributed by atoms with Crippen LogP contribution in [0, 0.1) is 0 Å². The minimum atomic E-state index is -0.969. The molecule has 2 rings (SSSR count). The van der Waals surface area contributed by atoms with Crippen LogP contribution in [0.1, 0.15) is 13.0 Å². The number of carboxylic acids is 1. The summed E-state index contributed by atoms with van der Waals surface area (Å²) in [6, 6.07) is 4.29. The van der Waals surface area contributed by atoms with Crippen molar-refractivity contribution >= 4 is 22.7 Å². The topological polar surface area (TPSA) is 94.0 Å². The number of anilines is 1. The summed E-state index contributed by atoms with van der Waals surface area (Å²) in [5.41, 5.74) is 7.39. The summed E-state index contributed by atoms with van der Waals surface area (Å²) < 4.78 is 0. The van der Waals surface area contributed by atoms with Gasteiger partial charge in [-0.2, -0.15) is 15.0 Å². The van der Waals surface area contributed by atoms with Crippen LogP contribution in [0.5, 0.6) is 0 Å². The third-order valence-corrected chi connectivity index (χ3v) is 2.12. The van der Waals surface area contributed by atoms with Crippen molar-refractivity contribution in [3.05, 3.63) is 18.2 Å². The molecule has 78 valence electrons. The molecule has 0 amide bonds. The van der Waals surface area contributed by atoms with E-state index in [-0.39, 0.29) is 0 Å².